The smallest absolute Gasteiger partial charge is 0.0609 e. The number of halogens is 3. The van der Waals surface area contributed by atoms with Gasteiger partial charge in [-0.2, -0.15) is 5.10 Å². The molecule has 6 heteroatoms. The van der Waals surface area contributed by atoms with Crippen molar-refractivity contribution in [2.45, 2.75) is 20.4 Å². The predicted octanol–water partition coefficient (Wildman–Crippen LogP) is 6.13. The van der Waals surface area contributed by atoms with Crippen molar-refractivity contribution in [2.24, 2.45) is 5.10 Å². The summed E-state index contributed by atoms with van der Waals surface area (Å²) >= 11 is 14.7. The van der Waals surface area contributed by atoms with E-state index in [2.05, 4.69) is 81.9 Å². The minimum Gasteiger partial charge on any atom is -0.318 e. The van der Waals surface area contributed by atoms with E-state index in [0.717, 1.165) is 22.5 Å². The van der Waals surface area contributed by atoms with Gasteiger partial charge in [0.15, 0.2) is 0 Å². The Morgan fingerprint density at radius 3 is 2.38 bits per heavy atom. The van der Waals surface area contributed by atoms with Crippen LogP contribution in [0.3, 0.4) is 0 Å². The van der Waals surface area contributed by atoms with Gasteiger partial charge in [0.1, 0.15) is 0 Å². The number of rotatable bonds is 5. The Kier molecular flexibility index (Phi) is 6.27. The Balaban J connectivity index is 1.75. The molecule has 0 saturated carbocycles. The van der Waals surface area contributed by atoms with Gasteiger partial charge in [-0.1, -0.05) is 29.3 Å². The van der Waals surface area contributed by atoms with Crippen LogP contribution in [0.4, 0.5) is 0 Å². The van der Waals surface area contributed by atoms with E-state index in [-0.39, 0.29) is 0 Å². The average molecular weight is 498 g/mol. The minimum absolute atomic E-state index is 0.477. The lowest BCUT2D eigenvalue weighted by atomic mass is 10.2. The van der Waals surface area contributed by atoms with Crippen LogP contribution in [0, 0.1) is 17.4 Å². The molecule has 0 atom stereocenters. The normalized spacial score (nSPS) is 11.3. The van der Waals surface area contributed by atoms with Crippen LogP contribution in [-0.4, -0.2) is 10.8 Å². The second-order valence-electron chi connectivity index (χ2n) is 5.93. The molecule has 0 aliphatic carbocycles. The number of aryl methyl sites for hydroxylation is 1. The Hall–Kier alpha value is -1.50. The number of benzene rings is 2. The molecule has 0 aliphatic heterocycles. The third kappa shape index (κ3) is 4.24. The Morgan fingerprint density at radius 2 is 1.73 bits per heavy atom. The fourth-order valence-electron chi connectivity index (χ4n) is 2.85. The van der Waals surface area contributed by atoms with Crippen molar-refractivity contribution in [1.82, 2.24) is 9.99 Å². The molecule has 1 heterocycles. The monoisotopic (exact) mass is 497 g/mol. The highest BCUT2D eigenvalue weighted by molar-refractivity contribution is 14.1. The zero-order valence-electron chi connectivity index (χ0n) is 14.4. The summed E-state index contributed by atoms with van der Waals surface area (Å²) in [6.45, 7) is 4.67. The van der Waals surface area contributed by atoms with Crippen molar-refractivity contribution in [2.75, 3.05) is 0 Å². The highest BCUT2D eigenvalue weighted by Crippen LogP contribution is 2.24. The first kappa shape index (κ1) is 19.3. The first-order valence-corrected chi connectivity index (χ1v) is 9.94. The maximum absolute atomic E-state index is 6.17. The van der Waals surface area contributed by atoms with E-state index in [1.54, 1.807) is 0 Å². The summed E-state index contributed by atoms with van der Waals surface area (Å²) < 4.78 is 3.44. The lowest BCUT2D eigenvalue weighted by Gasteiger charge is -2.09. The van der Waals surface area contributed by atoms with E-state index in [0.29, 0.717) is 16.6 Å². The maximum atomic E-state index is 6.17. The van der Waals surface area contributed by atoms with E-state index < -0.39 is 0 Å². The number of nitrogens with zero attached hydrogens (tertiary/aromatic N) is 2. The second-order valence-corrected chi connectivity index (χ2v) is 7.99. The van der Waals surface area contributed by atoms with Gasteiger partial charge in [0, 0.05) is 41.8 Å². The molecule has 0 radical (unpaired) electrons. The number of nitrogens with one attached hydrogen (secondary N) is 1. The van der Waals surface area contributed by atoms with Crippen LogP contribution in [0.5, 0.6) is 0 Å². The summed E-state index contributed by atoms with van der Waals surface area (Å²) in [6.07, 6.45) is 1.83. The second kappa shape index (κ2) is 8.46. The van der Waals surface area contributed by atoms with Crippen molar-refractivity contribution in [3.8, 4) is 5.69 Å². The topological polar surface area (TPSA) is 29.3 Å². The molecule has 1 N–H and O–H groups in total. The van der Waals surface area contributed by atoms with Gasteiger partial charge in [-0.05, 0) is 78.9 Å². The van der Waals surface area contributed by atoms with Crippen LogP contribution in [0.2, 0.25) is 10.0 Å². The third-order valence-corrected chi connectivity index (χ3v) is 5.59. The number of hydrogen-bond acceptors (Lipinski definition) is 2. The Bertz CT molecular complexity index is 926. The number of hydrazone groups is 1. The van der Waals surface area contributed by atoms with Crippen LogP contribution in [0.25, 0.3) is 5.69 Å². The fourth-order valence-corrected chi connectivity index (χ4v) is 3.74. The molecule has 0 spiro atoms. The molecule has 26 heavy (non-hydrogen) atoms. The summed E-state index contributed by atoms with van der Waals surface area (Å²) in [5.41, 5.74) is 8.40. The van der Waals surface area contributed by atoms with Crippen molar-refractivity contribution in [3.05, 3.63) is 84.7 Å². The molecule has 3 rings (SSSR count). The van der Waals surface area contributed by atoms with Gasteiger partial charge < -0.3 is 9.99 Å². The summed E-state index contributed by atoms with van der Waals surface area (Å²) in [7, 11) is 0. The predicted molar refractivity (Wildman–Crippen MR) is 119 cm³/mol. The van der Waals surface area contributed by atoms with Crippen LogP contribution in [-0.2, 0) is 6.54 Å². The summed E-state index contributed by atoms with van der Waals surface area (Å²) in [5, 5.41) is 5.61. The van der Waals surface area contributed by atoms with E-state index in [1.807, 2.05) is 24.4 Å². The van der Waals surface area contributed by atoms with Gasteiger partial charge in [-0.3, -0.25) is 0 Å². The molecule has 0 amide bonds. The molecule has 3 nitrogen and oxygen atoms in total. The zero-order chi connectivity index (χ0) is 18.7. The Morgan fingerprint density at radius 1 is 1.08 bits per heavy atom. The van der Waals surface area contributed by atoms with Gasteiger partial charge in [-0.15, -0.1) is 0 Å². The summed E-state index contributed by atoms with van der Waals surface area (Å²) in [5.74, 6) is 0. The highest BCUT2D eigenvalue weighted by Gasteiger charge is 2.09. The Labute approximate surface area is 177 Å². The number of hydrogen-bond donors (Lipinski definition) is 1. The van der Waals surface area contributed by atoms with Crippen LogP contribution in [0.1, 0.15) is 22.5 Å². The number of aromatic nitrogens is 1. The molecule has 0 unspecified atom stereocenters. The van der Waals surface area contributed by atoms with E-state index in [4.69, 9.17) is 23.2 Å². The molecule has 0 bridgehead atoms. The average Bonchev–Trinajstić information content (AvgIpc) is 2.89. The first-order valence-electron chi connectivity index (χ1n) is 8.11. The molecule has 2 aromatic carbocycles. The molecule has 3 aromatic rings. The highest BCUT2D eigenvalue weighted by atomic mass is 127. The fraction of sp³-hybridized carbons (Fsp3) is 0.150. The van der Waals surface area contributed by atoms with Gasteiger partial charge in [0.2, 0.25) is 0 Å². The van der Waals surface area contributed by atoms with Crippen LogP contribution >= 0.6 is 45.8 Å². The molecule has 1 aromatic heterocycles. The van der Waals surface area contributed by atoms with Crippen LogP contribution in [0.15, 0.2) is 53.6 Å². The molecular weight excluding hydrogens is 480 g/mol. The molecule has 0 saturated heterocycles. The zero-order valence-corrected chi connectivity index (χ0v) is 18.1. The van der Waals surface area contributed by atoms with E-state index in [1.165, 1.54) is 9.26 Å². The van der Waals surface area contributed by atoms with Crippen molar-refractivity contribution < 1.29 is 0 Å². The molecular formula is C20H18Cl2IN3. The van der Waals surface area contributed by atoms with Crippen molar-refractivity contribution in [3.63, 3.8) is 0 Å². The quantitative estimate of drug-likeness (QED) is 0.256. The lowest BCUT2D eigenvalue weighted by molar-refractivity contribution is 0.748. The van der Waals surface area contributed by atoms with Gasteiger partial charge >= 0.3 is 0 Å². The van der Waals surface area contributed by atoms with Crippen molar-refractivity contribution >= 4 is 52.0 Å². The molecule has 134 valence electrons. The lowest BCUT2D eigenvalue weighted by Crippen LogP contribution is -2.07. The van der Waals surface area contributed by atoms with Gasteiger partial charge in [0.05, 0.1) is 12.8 Å². The van der Waals surface area contributed by atoms with Gasteiger partial charge in [0.25, 0.3) is 0 Å². The standard InChI is InChI=1S/C20H18Cl2IN3/c1-13-10-15(14(2)26(13)17-8-6-16(23)7-9-17)11-24-25-12-18-19(21)4-3-5-20(18)22/h3-11,25H,12H2,1-2H3/b24-11+. The van der Waals surface area contributed by atoms with Crippen LogP contribution < -0.4 is 5.43 Å². The minimum atomic E-state index is 0.477. The van der Waals surface area contributed by atoms with E-state index in [9.17, 15) is 0 Å². The van der Waals surface area contributed by atoms with E-state index >= 15 is 0 Å². The third-order valence-electron chi connectivity index (χ3n) is 4.17. The SMILES string of the molecule is Cc1cc(/C=N/NCc2c(Cl)cccc2Cl)c(C)n1-c1ccc(I)cc1. The first-order chi connectivity index (χ1) is 12.5. The van der Waals surface area contributed by atoms with Crippen molar-refractivity contribution in [1.29, 1.82) is 0 Å². The maximum Gasteiger partial charge on any atom is 0.0609 e. The summed E-state index contributed by atoms with van der Waals surface area (Å²) in [6, 6.07) is 16.1. The molecule has 0 aliphatic rings. The van der Waals surface area contributed by atoms with Gasteiger partial charge in [-0.25, -0.2) is 0 Å². The largest absolute Gasteiger partial charge is 0.318 e. The molecule has 0 fully saturated rings. The summed E-state index contributed by atoms with van der Waals surface area (Å²) in [4.78, 5) is 0.